The van der Waals surface area contributed by atoms with Crippen LogP contribution in [0, 0.1) is 10.1 Å². The standard InChI is InChI=1S/C7H9NO2S/c1-2-6-4-3-5-7(11-6)8(9)10/h3-6H,2H2,1H3. The molecule has 0 aliphatic carbocycles. The van der Waals surface area contributed by atoms with E-state index in [0.717, 1.165) is 6.42 Å². The number of hydrogen-bond donors (Lipinski definition) is 0. The van der Waals surface area contributed by atoms with Crippen LogP contribution in [0.2, 0.25) is 0 Å². The number of thioether (sulfide) groups is 1. The Labute approximate surface area is 69.3 Å². The number of hydrogen-bond acceptors (Lipinski definition) is 3. The van der Waals surface area contributed by atoms with Crippen molar-refractivity contribution in [3.8, 4) is 0 Å². The first-order chi connectivity index (χ1) is 5.24. The van der Waals surface area contributed by atoms with Crippen molar-refractivity contribution in [1.29, 1.82) is 0 Å². The van der Waals surface area contributed by atoms with Gasteiger partial charge in [0.2, 0.25) is 0 Å². The van der Waals surface area contributed by atoms with Gasteiger partial charge in [0.1, 0.15) is 0 Å². The first kappa shape index (κ1) is 8.33. The smallest absolute Gasteiger partial charge is 0.258 e. The summed E-state index contributed by atoms with van der Waals surface area (Å²) in [6.45, 7) is 2.02. The second-order valence-electron chi connectivity index (χ2n) is 2.21. The third kappa shape index (κ3) is 2.08. The second kappa shape index (κ2) is 3.57. The highest BCUT2D eigenvalue weighted by atomic mass is 32.2. The Balaban J connectivity index is 2.64. The molecule has 0 spiro atoms. The summed E-state index contributed by atoms with van der Waals surface area (Å²) < 4.78 is 0. The van der Waals surface area contributed by atoms with Crippen molar-refractivity contribution in [2.45, 2.75) is 18.6 Å². The zero-order valence-electron chi connectivity index (χ0n) is 6.19. The Kier molecular flexibility index (Phi) is 2.70. The van der Waals surface area contributed by atoms with Crippen LogP contribution in [0.1, 0.15) is 13.3 Å². The zero-order chi connectivity index (χ0) is 8.27. The van der Waals surface area contributed by atoms with Crippen LogP contribution in [-0.4, -0.2) is 10.2 Å². The average Bonchev–Trinajstić information content (AvgIpc) is 2.05. The molecule has 0 aromatic rings. The molecule has 0 fully saturated rings. The molecule has 0 radical (unpaired) electrons. The molecule has 0 aromatic carbocycles. The summed E-state index contributed by atoms with van der Waals surface area (Å²) in [5.41, 5.74) is 0. The summed E-state index contributed by atoms with van der Waals surface area (Å²) in [5, 5.41) is 10.8. The summed E-state index contributed by atoms with van der Waals surface area (Å²) in [4.78, 5) is 9.96. The lowest BCUT2D eigenvalue weighted by Crippen LogP contribution is -2.04. The van der Waals surface area contributed by atoms with Crippen LogP contribution in [-0.2, 0) is 0 Å². The first-order valence-corrected chi connectivity index (χ1v) is 4.31. The molecule has 1 aliphatic heterocycles. The molecule has 0 aromatic heterocycles. The molecule has 60 valence electrons. The molecule has 1 unspecified atom stereocenters. The molecule has 0 amide bonds. The SMILES string of the molecule is CCC1C=CC=C([N+](=O)[O-])S1. The van der Waals surface area contributed by atoms with Crippen LogP contribution in [0.25, 0.3) is 0 Å². The Morgan fingerprint density at radius 2 is 2.55 bits per heavy atom. The van der Waals surface area contributed by atoms with E-state index in [0.29, 0.717) is 0 Å². The van der Waals surface area contributed by atoms with E-state index < -0.39 is 0 Å². The molecule has 11 heavy (non-hydrogen) atoms. The summed E-state index contributed by atoms with van der Waals surface area (Å²) >= 11 is 1.31. The summed E-state index contributed by atoms with van der Waals surface area (Å²) in [6, 6.07) is 0. The molecule has 0 saturated carbocycles. The summed E-state index contributed by atoms with van der Waals surface area (Å²) in [7, 11) is 0. The minimum absolute atomic E-state index is 0.249. The summed E-state index contributed by atoms with van der Waals surface area (Å²) in [6.07, 6.45) is 6.21. The molecule has 4 heteroatoms. The third-order valence-electron chi connectivity index (χ3n) is 1.42. The van der Waals surface area contributed by atoms with E-state index in [1.165, 1.54) is 17.8 Å². The van der Waals surface area contributed by atoms with E-state index in [4.69, 9.17) is 0 Å². The van der Waals surface area contributed by atoms with Crippen molar-refractivity contribution in [3.63, 3.8) is 0 Å². The van der Waals surface area contributed by atoms with Crippen LogP contribution in [0.15, 0.2) is 23.3 Å². The van der Waals surface area contributed by atoms with Gasteiger partial charge < -0.3 is 0 Å². The van der Waals surface area contributed by atoms with Gasteiger partial charge >= 0.3 is 5.03 Å². The fourth-order valence-corrected chi connectivity index (χ4v) is 1.71. The van der Waals surface area contributed by atoms with Gasteiger partial charge in [0.05, 0.1) is 4.92 Å². The Hall–Kier alpha value is -0.770. The predicted octanol–water partition coefficient (Wildman–Crippen LogP) is 2.19. The van der Waals surface area contributed by atoms with Gasteiger partial charge in [-0.3, -0.25) is 10.1 Å². The minimum Gasteiger partial charge on any atom is -0.258 e. The highest BCUT2D eigenvalue weighted by molar-refractivity contribution is 8.03. The molecule has 0 saturated heterocycles. The van der Waals surface area contributed by atoms with E-state index >= 15 is 0 Å². The van der Waals surface area contributed by atoms with Gasteiger partial charge in [-0.15, -0.1) is 0 Å². The molecule has 0 N–H and O–H groups in total. The monoisotopic (exact) mass is 171 g/mol. The van der Waals surface area contributed by atoms with Gasteiger partial charge in [-0.1, -0.05) is 19.1 Å². The molecular formula is C7H9NO2S. The lowest BCUT2D eigenvalue weighted by molar-refractivity contribution is -0.410. The molecule has 1 heterocycles. The molecular weight excluding hydrogens is 162 g/mol. The van der Waals surface area contributed by atoms with Crippen LogP contribution in [0.5, 0.6) is 0 Å². The number of nitrogens with zero attached hydrogens (tertiary/aromatic N) is 1. The van der Waals surface area contributed by atoms with Crippen LogP contribution in [0.3, 0.4) is 0 Å². The van der Waals surface area contributed by atoms with Crippen molar-refractivity contribution >= 4 is 11.8 Å². The summed E-state index contributed by atoms with van der Waals surface area (Å²) in [5.74, 6) is 0. The normalized spacial score (nSPS) is 23.0. The van der Waals surface area contributed by atoms with Crippen LogP contribution in [0.4, 0.5) is 0 Å². The molecule has 0 bridgehead atoms. The van der Waals surface area contributed by atoms with Gasteiger partial charge in [-0.05, 0) is 18.2 Å². The first-order valence-electron chi connectivity index (χ1n) is 3.43. The maximum absolute atomic E-state index is 10.3. The molecule has 1 atom stereocenters. The van der Waals surface area contributed by atoms with Gasteiger partial charge in [0, 0.05) is 11.3 Å². The van der Waals surface area contributed by atoms with Gasteiger partial charge in [0.15, 0.2) is 0 Å². The zero-order valence-corrected chi connectivity index (χ0v) is 7.00. The largest absolute Gasteiger partial charge is 0.303 e. The highest BCUT2D eigenvalue weighted by Gasteiger charge is 2.18. The van der Waals surface area contributed by atoms with E-state index in [9.17, 15) is 10.1 Å². The molecule has 1 aliphatic rings. The predicted molar refractivity (Wildman–Crippen MR) is 45.9 cm³/mol. The van der Waals surface area contributed by atoms with Crippen molar-refractivity contribution in [2.24, 2.45) is 0 Å². The average molecular weight is 171 g/mol. The fraction of sp³-hybridized carbons (Fsp3) is 0.429. The molecule has 1 rings (SSSR count). The third-order valence-corrected chi connectivity index (χ3v) is 2.74. The fourth-order valence-electron chi connectivity index (χ4n) is 0.819. The Bertz CT molecular complexity index is 222. The highest BCUT2D eigenvalue weighted by Crippen LogP contribution is 2.28. The minimum atomic E-state index is -0.336. The van der Waals surface area contributed by atoms with E-state index in [-0.39, 0.29) is 15.2 Å². The molecule has 3 nitrogen and oxygen atoms in total. The van der Waals surface area contributed by atoms with Crippen molar-refractivity contribution in [2.75, 3.05) is 0 Å². The second-order valence-corrected chi connectivity index (χ2v) is 3.47. The number of allylic oxidation sites excluding steroid dienone is 2. The Morgan fingerprint density at radius 1 is 1.82 bits per heavy atom. The topological polar surface area (TPSA) is 43.1 Å². The quantitative estimate of drug-likeness (QED) is 0.472. The van der Waals surface area contributed by atoms with Crippen molar-refractivity contribution in [1.82, 2.24) is 0 Å². The maximum Gasteiger partial charge on any atom is 0.303 e. The van der Waals surface area contributed by atoms with Gasteiger partial charge in [0.25, 0.3) is 0 Å². The maximum atomic E-state index is 10.3. The number of rotatable bonds is 2. The lowest BCUT2D eigenvalue weighted by atomic mass is 10.3. The van der Waals surface area contributed by atoms with Crippen molar-refractivity contribution < 1.29 is 4.92 Å². The lowest BCUT2D eigenvalue weighted by Gasteiger charge is -2.09. The van der Waals surface area contributed by atoms with E-state index in [1.54, 1.807) is 6.08 Å². The van der Waals surface area contributed by atoms with Gasteiger partial charge in [-0.2, -0.15) is 0 Å². The van der Waals surface area contributed by atoms with Crippen molar-refractivity contribution in [3.05, 3.63) is 33.4 Å². The van der Waals surface area contributed by atoms with E-state index in [2.05, 4.69) is 0 Å². The Morgan fingerprint density at radius 3 is 3.09 bits per heavy atom. The van der Waals surface area contributed by atoms with E-state index in [1.807, 2.05) is 13.0 Å². The van der Waals surface area contributed by atoms with Gasteiger partial charge in [-0.25, -0.2) is 0 Å². The van der Waals surface area contributed by atoms with Crippen LogP contribution < -0.4 is 0 Å². The number of nitro groups is 1. The van der Waals surface area contributed by atoms with Crippen LogP contribution >= 0.6 is 11.8 Å².